The molecule has 0 radical (unpaired) electrons. The number of hydrogen-bond donors (Lipinski definition) is 0. The molecule has 0 aromatic carbocycles. The summed E-state index contributed by atoms with van der Waals surface area (Å²) in [7, 11) is 0. The molecule has 2 nitrogen and oxygen atoms in total. The summed E-state index contributed by atoms with van der Waals surface area (Å²) < 4.78 is 5.26. The van der Waals surface area contributed by atoms with E-state index in [2.05, 4.69) is 0 Å². The zero-order valence-corrected chi connectivity index (χ0v) is 9.56. The summed E-state index contributed by atoms with van der Waals surface area (Å²) in [5.74, 6) is 0.838. The smallest absolute Gasteiger partial charge is 0.197 e. The number of carbonyl (C=O) groups is 1. The van der Waals surface area contributed by atoms with Crippen molar-refractivity contribution in [2.45, 2.75) is 20.3 Å². The van der Waals surface area contributed by atoms with Gasteiger partial charge in [-0.1, -0.05) is 6.92 Å². The maximum atomic E-state index is 12.1. The SMILES string of the molecule is CCc1occc1C(=O)c1ccsc1C. The molecule has 3 heteroatoms. The minimum Gasteiger partial charge on any atom is -0.469 e. The van der Waals surface area contributed by atoms with Crippen molar-refractivity contribution >= 4 is 17.1 Å². The summed E-state index contributed by atoms with van der Waals surface area (Å²) in [5, 5.41) is 1.94. The summed E-state index contributed by atoms with van der Waals surface area (Å²) >= 11 is 1.59. The Labute approximate surface area is 92.5 Å². The van der Waals surface area contributed by atoms with E-state index in [4.69, 9.17) is 4.42 Å². The Kier molecular flexibility index (Phi) is 2.73. The molecule has 0 fully saturated rings. The van der Waals surface area contributed by atoms with Crippen LogP contribution in [0, 0.1) is 6.92 Å². The van der Waals surface area contributed by atoms with Crippen LogP contribution < -0.4 is 0 Å². The molecule has 0 unspecified atom stereocenters. The number of thiophene rings is 1. The normalized spacial score (nSPS) is 10.5. The van der Waals surface area contributed by atoms with Crippen molar-refractivity contribution < 1.29 is 9.21 Å². The molecule has 2 heterocycles. The molecule has 0 saturated carbocycles. The standard InChI is InChI=1S/C12H12O2S/c1-3-11-10(4-6-14-11)12(13)9-5-7-15-8(9)2/h4-7H,3H2,1-2H3. The first kappa shape index (κ1) is 10.2. The van der Waals surface area contributed by atoms with Crippen LogP contribution in [0.15, 0.2) is 28.2 Å². The van der Waals surface area contributed by atoms with Crippen molar-refractivity contribution in [2.24, 2.45) is 0 Å². The highest BCUT2D eigenvalue weighted by atomic mass is 32.1. The average Bonchev–Trinajstić information content (AvgIpc) is 2.84. The van der Waals surface area contributed by atoms with Gasteiger partial charge in [-0.3, -0.25) is 4.79 Å². The van der Waals surface area contributed by atoms with E-state index in [1.54, 1.807) is 23.7 Å². The number of ketones is 1. The van der Waals surface area contributed by atoms with Gasteiger partial charge in [0.25, 0.3) is 0 Å². The fourth-order valence-corrected chi connectivity index (χ4v) is 2.28. The highest BCUT2D eigenvalue weighted by Gasteiger charge is 2.17. The van der Waals surface area contributed by atoms with Crippen LogP contribution in [-0.2, 0) is 6.42 Å². The molecule has 0 saturated heterocycles. The molecular weight excluding hydrogens is 208 g/mol. The van der Waals surface area contributed by atoms with Crippen LogP contribution in [0.5, 0.6) is 0 Å². The van der Waals surface area contributed by atoms with E-state index in [0.717, 1.165) is 22.6 Å². The number of aryl methyl sites for hydroxylation is 2. The fourth-order valence-electron chi connectivity index (χ4n) is 1.58. The molecule has 2 rings (SSSR count). The molecule has 0 bridgehead atoms. The van der Waals surface area contributed by atoms with Crippen molar-refractivity contribution in [3.05, 3.63) is 45.5 Å². The van der Waals surface area contributed by atoms with Crippen molar-refractivity contribution in [1.82, 2.24) is 0 Å². The summed E-state index contributed by atoms with van der Waals surface area (Å²) in [6, 6.07) is 3.62. The van der Waals surface area contributed by atoms with Gasteiger partial charge in [0, 0.05) is 16.9 Å². The summed E-state index contributed by atoms with van der Waals surface area (Å²) in [5.41, 5.74) is 1.48. The first-order chi connectivity index (χ1) is 7.24. The summed E-state index contributed by atoms with van der Waals surface area (Å²) in [6.07, 6.45) is 2.32. The second kappa shape index (κ2) is 4.03. The van der Waals surface area contributed by atoms with Crippen molar-refractivity contribution in [3.63, 3.8) is 0 Å². The van der Waals surface area contributed by atoms with E-state index in [1.807, 2.05) is 25.3 Å². The molecule has 0 N–H and O–H groups in total. The van der Waals surface area contributed by atoms with Gasteiger partial charge in [0.05, 0.1) is 11.8 Å². The predicted octanol–water partition coefficient (Wildman–Crippen LogP) is 3.44. The fraction of sp³-hybridized carbons (Fsp3) is 0.250. The Morgan fingerprint density at radius 1 is 1.40 bits per heavy atom. The van der Waals surface area contributed by atoms with E-state index >= 15 is 0 Å². The number of furan rings is 1. The van der Waals surface area contributed by atoms with E-state index in [0.29, 0.717) is 5.56 Å². The lowest BCUT2D eigenvalue weighted by Gasteiger charge is -1.99. The Morgan fingerprint density at radius 3 is 2.80 bits per heavy atom. The Bertz CT molecular complexity index is 479. The molecule has 2 aromatic heterocycles. The number of carbonyl (C=O) groups excluding carboxylic acids is 1. The van der Waals surface area contributed by atoms with Crippen LogP contribution in [0.4, 0.5) is 0 Å². The molecule has 0 aliphatic rings. The Morgan fingerprint density at radius 2 is 2.20 bits per heavy atom. The lowest BCUT2D eigenvalue weighted by molar-refractivity contribution is 0.103. The van der Waals surface area contributed by atoms with E-state index in [1.165, 1.54) is 0 Å². The quantitative estimate of drug-likeness (QED) is 0.742. The van der Waals surface area contributed by atoms with Gasteiger partial charge in [-0.2, -0.15) is 0 Å². The summed E-state index contributed by atoms with van der Waals surface area (Å²) in [6.45, 7) is 3.94. The van der Waals surface area contributed by atoms with E-state index < -0.39 is 0 Å². The molecular formula is C12H12O2S. The first-order valence-corrected chi connectivity index (χ1v) is 5.77. The van der Waals surface area contributed by atoms with Crippen LogP contribution in [0.2, 0.25) is 0 Å². The monoisotopic (exact) mass is 220 g/mol. The van der Waals surface area contributed by atoms with Gasteiger partial charge in [0.1, 0.15) is 5.76 Å². The molecule has 0 aliphatic carbocycles. The molecule has 0 atom stereocenters. The molecule has 0 spiro atoms. The Hall–Kier alpha value is -1.35. The number of hydrogen-bond acceptors (Lipinski definition) is 3. The van der Waals surface area contributed by atoms with Crippen molar-refractivity contribution in [3.8, 4) is 0 Å². The summed E-state index contributed by atoms with van der Waals surface area (Å²) in [4.78, 5) is 13.2. The third kappa shape index (κ3) is 1.75. The number of rotatable bonds is 3. The second-order valence-corrected chi connectivity index (χ2v) is 4.45. The van der Waals surface area contributed by atoms with Gasteiger partial charge in [-0.25, -0.2) is 0 Å². The van der Waals surface area contributed by atoms with Gasteiger partial charge in [-0.05, 0) is 24.4 Å². The second-order valence-electron chi connectivity index (χ2n) is 3.33. The highest BCUT2D eigenvalue weighted by molar-refractivity contribution is 7.10. The van der Waals surface area contributed by atoms with Gasteiger partial charge < -0.3 is 4.42 Å². The average molecular weight is 220 g/mol. The van der Waals surface area contributed by atoms with Crippen LogP contribution in [0.3, 0.4) is 0 Å². The van der Waals surface area contributed by atoms with Gasteiger partial charge in [0.2, 0.25) is 0 Å². The zero-order valence-electron chi connectivity index (χ0n) is 8.74. The lowest BCUT2D eigenvalue weighted by Crippen LogP contribution is -2.02. The van der Waals surface area contributed by atoms with Crippen LogP contribution >= 0.6 is 11.3 Å². The largest absolute Gasteiger partial charge is 0.469 e. The predicted molar refractivity (Wildman–Crippen MR) is 60.6 cm³/mol. The topological polar surface area (TPSA) is 30.2 Å². The molecule has 15 heavy (non-hydrogen) atoms. The maximum Gasteiger partial charge on any atom is 0.197 e. The van der Waals surface area contributed by atoms with Gasteiger partial charge in [-0.15, -0.1) is 11.3 Å². The van der Waals surface area contributed by atoms with Crippen molar-refractivity contribution in [1.29, 1.82) is 0 Å². The maximum absolute atomic E-state index is 12.1. The van der Waals surface area contributed by atoms with E-state index in [-0.39, 0.29) is 5.78 Å². The van der Waals surface area contributed by atoms with Gasteiger partial charge in [0.15, 0.2) is 5.78 Å². The lowest BCUT2D eigenvalue weighted by atomic mass is 10.0. The van der Waals surface area contributed by atoms with Crippen LogP contribution in [0.25, 0.3) is 0 Å². The van der Waals surface area contributed by atoms with E-state index in [9.17, 15) is 4.79 Å². The molecule has 78 valence electrons. The third-order valence-electron chi connectivity index (χ3n) is 2.41. The zero-order chi connectivity index (χ0) is 10.8. The minimum absolute atomic E-state index is 0.0688. The third-order valence-corrected chi connectivity index (χ3v) is 3.26. The molecule has 0 aliphatic heterocycles. The highest BCUT2D eigenvalue weighted by Crippen LogP contribution is 2.21. The molecule has 0 amide bonds. The Balaban J connectivity index is 2.41. The molecule has 2 aromatic rings. The minimum atomic E-state index is 0.0688. The van der Waals surface area contributed by atoms with Crippen LogP contribution in [0.1, 0.15) is 33.5 Å². The van der Waals surface area contributed by atoms with Crippen molar-refractivity contribution in [2.75, 3.05) is 0 Å². The van der Waals surface area contributed by atoms with Crippen LogP contribution in [-0.4, -0.2) is 5.78 Å². The van der Waals surface area contributed by atoms with Gasteiger partial charge >= 0.3 is 0 Å². The first-order valence-electron chi connectivity index (χ1n) is 4.89.